The van der Waals surface area contributed by atoms with Crippen molar-refractivity contribution in [2.45, 2.75) is 6.18 Å². The number of rotatable bonds is 5. The van der Waals surface area contributed by atoms with Crippen molar-refractivity contribution in [1.82, 2.24) is 4.98 Å². The third kappa shape index (κ3) is 4.55. The average molecular weight is 405 g/mol. The molecule has 0 aliphatic heterocycles. The first-order valence-corrected chi connectivity index (χ1v) is 8.81. The van der Waals surface area contributed by atoms with E-state index in [4.69, 9.17) is 4.74 Å². The lowest BCUT2D eigenvalue weighted by atomic mass is 10.1. The molecule has 1 N–H and O–H groups in total. The van der Waals surface area contributed by atoms with Crippen LogP contribution < -0.4 is 5.43 Å². The van der Waals surface area contributed by atoms with Crippen LogP contribution in [0, 0.1) is 0 Å². The van der Waals surface area contributed by atoms with E-state index < -0.39 is 17.7 Å². The predicted octanol–water partition coefficient (Wildman–Crippen LogP) is 5.06. The number of hydrogen-bond donors (Lipinski definition) is 1. The number of carbonyl (C=O) groups is 1. The highest BCUT2D eigenvalue weighted by Gasteiger charge is 2.30. The van der Waals surface area contributed by atoms with Crippen molar-refractivity contribution < 1.29 is 22.7 Å². The van der Waals surface area contributed by atoms with E-state index in [2.05, 4.69) is 15.5 Å². The topological polar surface area (TPSA) is 63.6 Å². The summed E-state index contributed by atoms with van der Waals surface area (Å²) >= 11 is 1.04. The number of hydrazone groups is 1. The number of benzene rings is 2. The normalized spacial score (nSPS) is 11.6. The second kappa shape index (κ2) is 8.22. The zero-order valence-corrected chi connectivity index (χ0v) is 15.3. The van der Waals surface area contributed by atoms with E-state index in [0.717, 1.165) is 29.0 Å². The van der Waals surface area contributed by atoms with E-state index in [1.165, 1.54) is 25.5 Å². The van der Waals surface area contributed by atoms with Gasteiger partial charge in [-0.3, -0.25) is 5.43 Å². The molecular weight excluding hydrogens is 391 g/mol. The first-order valence-electron chi connectivity index (χ1n) is 7.99. The van der Waals surface area contributed by atoms with Crippen molar-refractivity contribution in [2.24, 2.45) is 5.10 Å². The van der Waals surface area contributed by atoms with Crippen LogP contribution in [-0.2, 0) is 10.9 Å². The van der Waals surface area contributed by atoms with E-state index >= 15 is 0 Å². The molecule has 3 rings (SSSR count). The summed E-state index contributed by atoms with van der Waals surface area (Å²) in [5, 5.41) is 4.23. The summed E-state index contributed by atoms with van der Waals surface area (Å²) in [6.45, 7) is 0. The average Bonchev–Trinajstić information content (AvgIpc) is 3.12. The highest BCUT2D eigenvalue weighted by molar-refractivity contribution is 7.17. The van der Waals surface area contributed by atoms with Gasteiger partial charge in [-0.1, -0.05) is 53.8 Å². The fourth-order valence-electron chi connectivity index (χ4n) is 2.35. The summed E-state index contributed by atoms with van der Waals surface area (Å²) in [5.74, 6) is -0.536. The van der Waals surface area contributed by atoms with Crippen LogP contribution in [0.2, 0.25) is 0 Å². The van der Waals surface area contributed by atoms with E-state index in [1.54, 1.807) is 12.1 Å². The van der Waals surface area contributed by atoms with Crippen molar-refractivity contribution in [2.75, 3.05) is 12.5 Å². The Hall–Kier alpha value is -3.20. The first-order chi connectivity index (χ1) is 13.4. The third-order valence-electron chi connectivity index (χ3n) is 3.63. The summed E-state index contributed by atoms with van der Waals surface area (Å²) < 4.78 is 43.1. The Morgan fingerprint density at radius 2 is 1.93 bits per heavy atom. The number of alkyl halides is 3. The minimum Gasteiger partial charge on any atom is -0.465 e. The first kappa shape index (κ1) is 19.6. The fraction of sp³-hybridized carbons (Fsp3) is 0.105. The Labute approximate surface area is 162 Å². The molecule has 0 unspecified atom stereocenters. The molecule has 1 heterocycles. The Morgan fingerprint density at radius 1 is 1.18 bits per heavy atom. The van der Waals surface area contributed by atoms with E-state index in [9.17, 15) is 18.0 Å². The maximum atomic E-state index is 12.8. The number of aromatic nitrogens is 1. The second-order valence-electron chi connectivity index (χ2n) is 5.55. The van der Waals surface area contributed by atoms with Crippen LogP contribution in [-0.4, -0.2) is 24.3 Å². The van der Waals surface area contributed by atoms with Crippen LogP contribution in [0.15, 0.2) is 59.7 Å². The lowest BCUT2D eigenvalue weighted by molar-refractivity contribution is -0.137. The predicted molar refractivity (Wildman–Crippen MR) is 102 cm³/mol. The summed E-state index contributed by atoms with van der Waals surface area (Å²) in [5.41, 5.74) is 3.33. The number of nitrogens with zero attached hydrogens (tertiary/aromatic N) is 2. The summed E-state index contributed by atoms with van der Waals surface area (Å²) in [4.78, 5) is 16.7. The van der Waals surface area contributed by atoms with Crippen LogP contribution in [0.3, 0.4) is 0 Å². The molecule has 0 aliphatic carbocycles. The molecule has 0 fully saturated rings. The highest BCUT2D eigenvalue weighted by Crippen LogP contribution is 2.32. The number of methoxy groups -OCH3 is 1. The lowest BCUT2D eigenvalue weighted by Crippen LogP contribution is -2.05. The molecule has 0 radical (unpaired) electrons. The number of thiazole rings is 1. The quantitative estimate of drug-likeness (QED) is 0.366. The van der Waals surface area contributed by atoms with Gasteiger partial charge in [0.15, 0.2) is 0 Å². The molecule has 0 bridgehead atoms. The van der Waals surface area contributed by atoms with Crippen molar-refractivity contribution in [3.63, 3.8) is 0 Å². The van der Waals surface area contributed by atoms with Crippen molar-refractivity contribution in [3.05, 3.63) is 70.6 Å². The number of halogens is 3. The maximum absolute atomic E-state index is 12.8. The van der Waals surface area contributed by atoms with E-state index in [0.29, 0.717) is 15.7 Å². The van der Waals surface area contributed by atoms with Gasteiger partial charge in [0.2, 0.25) is 5.13 Å². The Balaban J connectivity index is 1.83. The molecular formula is C19H14F3N3O2S. The maximum Gasteiger partial charge on any atom is 0.416 e. The van der Waals surface area contributed by atoms with Gasteiger partial charge in [-0.05, 0) is 17.7 Å². The number of anilines is 1. The van der Waals surface area contributed by atoms with Crippen molar-refractivity contribution >= 4 is 28.7 Å². The van der Waals surface area contributed by atoms with Crippen LogP contribution in [0.1, 0.15) is 20.8 Å². The van der Waals surface area contributed by atoms with Gasteiger partial charge in [-0.15, -0.1) is 0 Å². The Morgan fingerprint density at radius 3 is 2.61 bits per heavy atom. The number of ether oxygens (including phenoxy) is 1. The highest BCUT2D eigenvalue weighted by atomic mass is 32.1. The molecule has 0 saturated carbocycles. The van der Waals surface area contributed by atoms with Crippen LogP contribution in [0.4, 0.5) is 18.3 Å². The van der Waals surface area contributed by atoms with Gasteiger partial charge in [-0.2, -0.15) is 18.3 Å². The van der Waals surface area contributed by atoms with Crippen molar-refractivity contribution in [3.8, 4) is 11.3 Å². The van der Waals surface area contributed by atoms with Gasteiger partial charge in [-0.25, -0.2) is 9.78 Å². The fourth-order valence-corrected chi connectivity index (χ4v) is 3.20. The zero-order chi connectivity index (χ0) is 20.1. The van der Waals surface area contributed by atoms with E-state index in [1.807, 2.05) is 18.2 Å². The summed E-state index contributed by atoms with van der Waals surface area (Å²) in [6, 6.07) is 13.8. The van der Waals surface area contributed by atoms with Gasteiger partial charge in [0.05, 0.1) is 24.6 Å². The summed E-state index contributed by atoms with van der Waals surface area (Å²) in [6.07, 6.45) is -3.18. The van der Waals surface area contributed by atoms with E-state index in [-0.39, 0.29) is 5.56 Å². The molecule has 2 aromatic carbocycles. The zero-order valence-electron chi connectivity index (χ0n) is 14.5. The molecule has 3 aromatic rings. The molecule has 1 aromatic heterocycles. The summed E-state index contributed by atoms with van der Waals surface area (Å²) in [7, 11) is 1.27. The van der Waals surface area contributed by atoms with Gasteiger partial charge in [0.25, 0.3) is 0 Å². The minimum atomic E-state index is -4.42. The molecule has 144 valence electrons. The second-order valence-corrected chi connectivity index (χ2v) is 6.55. The van der Waals surface area contributed by atoms with Crippen molar-refractivity contribution in [1.29, 1.82) is 0 Å². The van der Waals surface area contributed by atoms with Crippen LogP contribution in [0.25, 0.3) is 11.3 Å². The monoisotopic (exact) mass is 405 g/mol. The smallest absolute Gasteiger partial charge is 0.416 e. The Bertz CT molecular complexity index is 1000. The SMILES string of the molecule is COC(=O)c1sc(N/N=C\c2cccc(C(F)(F)F)c2)nc1-c1ccccc1. The molecule has 0 aliphatic rings. The van der Waals surface area contributed by atoms with Gasteiger partial charge in [0.1, 0.15) is 4.88 Å². The Kier molecular flexibility index (Phi) is 5.74. The van der Waals surface area contributed by atoms with Gasteiger partial charge >= 0.3 is 12.1 Å². The number of hydrogen-bond acceptors (Lipinski definition) is 6. The van der Waals surface area contributed by atoms with Crippen LogP contribution in [0.5, 0.6) is 0 Å². The molecule has 0 atom stereocenters. The van der Waals surface area contributed by atoms with Gasteiger partial charge < -0.3 is 4.74 Å². The number of nitrogens with one attached hydrogen (secondary N) is 1. The number of esters is 1. The largest absolute Gasteiger partial charge is 0.465 e. The standard InChI is InChI=1S/C19H14F3N3O2S/c1-27-17(26)16-15(13-7-3-2-4-8-13)24-18(28-16)25-23-11-12-6-5-9-14(10-12)19(20,21)22/h2-11H,1H3,(H,24,25)/b23-11-. The van der Waals surface area contributed by atoms with Crippen LogP contribution >= 0.6 is 11.3 Å². The molecule has 0 spiro atoms. The molecule has 9 heteroatoms. The lowest BCUT2D eigenvalue weighted by Gasteiger charge is -2.06. The minimum absolute atomic E-state index is 0.273. The molecule has 28 heavy (non-hydrogen) atoms. The molecule has 0 amide bonds. The molecule has 0 saturated heterocycles. The van der Waals surface area contributed by atoms with Gasteiger partial charge in [0, 0.05) is 5.56 Å². The third-order valence-corrected chi connectivity index (χ3v) is 4.57. The molecule has 5 nitrogen and oxygen atoms in total. The number of carbonyl (C=O) groups excluding carboxylic acids is 1.